The molecule has 0 aliphatic heterocycles. The van der Waals surface area contributed by atoms with Crippen LogP contribution in [0.15, 0.2) is 48.5 Å². The van der Waals surface area contributed by atoms with Crippen LogP contribution in [0.4, 0.5) is 5.69 Å². The zero-order valence-corrected chi connectivity index (χ0v) is 12.2. The molecule has 0 fully saturated rings. The van der Waals surface area contributed by atoms with Crippen molar-refractivity contribution in [2.45, 2.75) is 13.3 Å². The minimum absolute atomic E-state index is 0.450. The Hall–Kier alpha value is -2.36. The maximum atomic E-state index is 5.84. The molecule has 2 rings (SSSR count). The van der Waals surface area contributed by atoms with Gasteiger partial charge in [0.1, 0.15) is 30.5 Å². The Morgan fingerprint density at radius 1 is 0.762 bits per heavy atom. The predicted molar refractivity (Wildman–Crippen MR) is 84.1 cm³/mol. The fraction of sp³-hybridized carbons (Fsp3) is 0.294. The van der Waals surface area contributed by atoms with Gasteiger partial charge in [-0.3, -0.25) is 0 Å². The first-order valence-corrected chi connectivity index (χ1v) is 7.12. The molecule has 0 aliphatic rings. The minimum Gasteiger partial charge on any atom is -0.493 e. The van der Waals surface area contributed by atoms with Crippen LogP contribution in [-0.4, -0.2) is 19.8 Å². The van der Waals surface area contributed by atoms with E-state index in [-0.39, 0.29) is 0 Å². The summed E-state index contributed by atoms with van der Waals surface area (Å²) < 4.78 is 16.8. The second-order valence-electron chi connectivity index (χ2n) is 4.60. The summed E-state index contributed by atoms with van der Waals surface area (Å²) in [7, 11) is 0. The van der Waals surface area contributed by atoms with Gasteiger partial charge in [-0.05, 0) is 18.6 Å². The topological polar surface area (TPSA) is 53.7 Å². The van der Waals surface area contributed by atoms with Crippen molar-refractivity contribution in [3.05, 3.63) is 48.5 Å². The monoisotopic (exact) mass is 287 g/mol. The predicted octanol–water partition coefficient (Wildman–Crippen LogP) is 3.52. The van der Waals surface area contributed by atoms with Gasteiger partial charge in [0.15, 0.2) is 0 Å². The highest BCUT2D eigenvalue weighted by Gasteiger charge is 2.01. The van der Waals surface area contributed by atoms with Gasteiger partial charge in [-0.2, -0.15) is 0 Å². The Kier molecular flexibility index (Phi) is 5.76. The lowest BCUT2D eigenvalue weighted by Gasteiger charge is -2.11. The van der Waals surface area contributed by atoms with Crippen LogP contribution in [0.5, 0.6) is 17.2 Å². The highest BCUT2D eigenvalue weighted by Crippen LogP contribution is 2.24. The first kappa shape index (κ1) is 15.0. The Morgan fingerprint density at radius 2 is 1.33 bits per heavy atom. The smallest absolute Gasteiger partial charge is 0.125 e. The highest BCUT2D eigenvalue weighted by atomic mass is 16.5. The lowest BCUT2D eigenvalue weighted by atomic mass is 10.3. The Balaban J connectivity index is 1.81. The molecule has 0 saturated carbocycles. The van der Waals surface area contributed by atoms with Crippen molar-refractivity contribution >= 4 is 5.69 Å². The standard InChI is InChI=1S/C17H21NO3/c1-2-8-19-16-11-14(18)12-17(13-16)21-10-9-20-15-6-4-3-5-7-15/h3-7,11-13H,2,8-10,18H2,1H3. The molecule has 0 bridgehead atoms. The molecule has 21 heavy (non-hydrogen) atoms. The molecule has 4 heteroatoms. The van der Waals surface area contributed by atoms with Crippen molar-refractivity contribution in [3.8, 4) is 17.2 Å². The Morgan fingerprint density at radius 3 is 1.95 bits per heavy atom. The summed E-state index contributed by atoms with van der Waals surface area (Å²) in [5.74, 6) is 2.26. The van der Waals surface area contributed by atoms with Crippen molar-refractivity contribution in [1.29, 1.82) is 0 Å². The molecule has 0 heterocycles. The van der Waals surface area contributed by atoms with Gasteiger partial charge in [0.25, 0.3) is 0 Å². The van der Waals surface area contributed by atoms with Crippen LogP contribution in [-0.2, 0) is 0 Å². The molecule has 0 unspecified atom stereocenters. The summed E-state index contributed by atoms with van der Waals surface area (Å²) in [5, 5.41) is 0. The summed E-state index contributed by atoms with van der Waals surface area (Å²) in [6.07, 6.45) is 0.954. The van der Waals surface area contributed by atoms with Crippen LogP contribution in [0.3, 0.4) is 0 Å². The van der Waals surface area contributed by atoms with Crippen LogP contribution in [0, 0.1) is 0 Å². The van der Waals surface area contributed by atoms with Crippen molar-refractivity contribution in [2.24, 2.45) is 0 Å². The number of ether oxygens (including phenoxy) is 3. The van der Waals surface area contributed by atoms with Gasteiger partial charge in [0.05, 0.1) is 6.61 Å². The maximum absolute atomic E-state index is 5.84. The third-order valence-corrected chi connectivity index (χ3v) is 2.74. The normalized spacial score (nSPS) is 10.1. The fourth-order valence-electron chi connectivity index (χ4n) is 1.82. The molecule has 0 atom stereocenters. The van der Waals surface area contributed by atoms with Crippen LogP contribution in [0.2, 0.25) is 0 Å². The van der Waals surface area contributed by atoms with E-state index in [1.54, 1.807) is 12.1 Å². The van der Waals surface area contributed by atoms with Gasteiger partial charge in [-0.1, -0.05) is 25.1 Å². The molecule has 2 aromatic carbocycles. The first-order chi connectivity index (χ1) is 10.3. The van der Waals surface area contributed by atoms with E-state index < -0.39 is 0 Å². The number of hydrogen-bond donors (Lipinski definition) is 1. The molecule has 0 spiro atoms. The molecular weight excluding hydrogens is 266 g/mol. The second-order valence-corrected chi connectivity index (χ2v) is 4.60. The molecule has 0 aliphatic carbocycles. The number of para-hydroxylation sites is 1. The molecule has 4 nitrogen and oxygen atoms in total. The third kappa shape index (κ3) is 5.26. The van der Waals surface area contributed by atoms with E-state index in [0.717, 1.165) is 17.9 Å². The zero-order chi connectivity index (χ0) is 14.9. The van der Waals surface area contributed by atoms with E-state index in [1.807, 2.05) is 36.4 Å². The largest absolute Gasteiger partial charge is 0.493 e. The number of rotatable bonds is 8. The SMILES string of the molecule is CCCOc1cc(N)cc(OCCOc2ccccc2)c1. The van der Waals surface area contributed by atoms with Crippen LogP contribution >= 0.6 is 0 Å². The molecule has 0 saturated heterocycles. The number of nitrogen functional groups attached to an aromatic ring is 1. The molecule has 2 N–H and O–H groups in total. The average molecular weight is 287 g/mol. The van der Waals surface area contributed by atoms with Crippen LogP contribution in [0.1, 0.15) is 13.3 Å². The molecule has 0 amide bonds. The number of anilines is 1. The van der Waals surface area contributed by atoms with Crippen molar-refractivity contribution in [3.63, 3.8) is 0 Å². The summed E-state index contributed by atoms with van der Waals surface area (Å²) in [6.45, 7) is 3.65. The quantitative estimate of drug-likeness (QED) is 0.596. The molecular formula is C17H21NO3. The van der Waals surface area contributed by atoms with Crippen LogP contribution in [0.25, 0.3) is 0 Å². The summed E-state index contributed by atoms with van der Waals surface area (Å²) in [6, 6.07) is 15.1. The summed E-state index contributed by atoms with van der Waals surface area (Å²) >= 11 is 0. The van der Waals surface area contributed by atoms with E-state index in [2.05, 4.69) is 6.92 Å². The van der Waals surface area contributed by atoms with Gasteiger partial charge in [0, 0.05) is 23.9 Å². The third-order valence-electron chi connectivity index (χ3n) is 2.74. The molecule has 2 aromatic rings. The van der Waals surface area contributed by atoms with E-state index in [1.165, 1.54) is 0 Å². The fourth-order valence-corrected chi connectivity index (χ4v) is 1.82. The van der Waals surface area contributed by atoms with Crippen molar-refractivity contribution in [1.82, 2.24) is 0 Å². The van der Waals surface area contributed by atoms with Gasteiger partial charge in [-0.15, -0.1) is 0 Å². The lowest BCUT2D eigenvalue weighted by molar-refractivity contribution is 0.216. The van der Waals surface area contributed by atoms with E-state index in [4.69, 9.17) is 19.9 Å². The van der Waals surface area contributed by atoms with Crippen molar-refractivity contribution in [2.75, 3.05) is 25.6 Å². The first-order valence-electron chi connectivity index (χ1n) is 7.12. The van der Waals surface area contributed by atoms with Crippen LogP contribution < -0.4 is 19.9 Å². The summed E-state index contributed by atoms with van der Waals surface area (Å²) in [5.41, 5.74) is 6.46. The molecule has 0 aromatic heterocycles. The maximum Gasteiger partial charge on any atom is 0.125 e. The molecule has 112 valence electrons. The number of benzene rings is 2. The van der Waals surface area contributed by atoms with E-state index in [9.17, 15) is 0 Å². The van der Waals surface area contributed by atoms with E-state index >= 15 is 0 Å². The lowest BCUT2D eigenvalue weighted by Crippen LogP contribution is -2.09. The molecule has 0 radical (unpaired) electrons. The number of nitrogens with two attached hydrogens (primary N) is 1. The Labute approximate surface area is 125 Å². The van der Waals surface area contributed by atoms with E-state index in [0.29, 0.717) is 31.3 Å². The summed E-state index contributed by atoms with van der Waals surface area (Å²) in [4.78, 5) is 0. The average Bonchev–Trinajstić information content (AvgIpc) is 2.50. The highest BCUT2D eigenvalue weighted by molar-refractivity contribution is 5.50. The minimum atomic E-state index is 0.450. The van der Waals surface area contributed by atoms with Gasteiger partial charge in [-0.25, -0.2) is 0 Å². The zero-order valence-electron chi connectivity index (χ0n) is 12.2. The van der Waals surface area contributed by atoms with Crippen molar-refractivity contribution < 1.29 is 14.2 Å². The van der Waals surface area contributed by atoms with Gasteiger partial charge >= 0.3 is 0 Å². The Bertz CT molecular complexity index is 543. The second kappa shape index (κ2) is 8.04. The van der Waals surface area contributed by atoms with Gasteiger partial charge in [0.2, 0.25) is 0 Å². The van der Waals surface area contributed by atoms with Gasteiger partial charge < -0.3 is 19.9 Å². The number of hydrogen-bond acceptors (Lipinski definition) is 4.